The molecule has 0 unspecified atom stereocenters. The number of hydrogen-bond donors (Lipinski definition) is 2. The Kier molecular flexibility index (Phi) is 10.2. The molecule has 0 aromatic heterocycles. The van der Waals surface area contributed by atoms with Crippen molar-refractivity contribution in [1.82, 2.24) is 0 Å². The Hall–Kier alpha value is -3.92. The van der Waals surface area contributed by atoms with E-state index in [2.05, 4.69) is 23.7 Å². The standard InChI is InChI=1S/C29H26F6O4/c1-3-5-7-9-11-19-13-21(25(36)37)17-23(15-19)27(28(30,31)32,29(33,34)35)24-16-20(12-10-8-6-4-2)14-22(18-24)26(38)39/h13-18H,3-8H2,1-2H3,(H,36,37)(H,38,39). The molecule has 2 aromatic rings. The fourth-order valence-electron chi connectivity index (χ4n) is 3.92. The van der Waals surface area contributed by atoms with Crippen LogP contribution in [-0.4, -0.2) is 34.5 Å². The van der Waals surface area contributed by atoms with Crippen molar-refractivity contribution in [2.75, 3.05) is 0 Å². The van der Waals surface area contributed by atoms with Crippen molar-refractivity contribution in [3.05, 3.63) is 69.8 Å². The SMILES string of the molecule is CCCCC#Cc1cc(C(=O)O)cc(C(c2cc(C#CCCCC)cc(C(=O)O)c2)(C(F)(F)F)C(F)(F)F)c1. The molecule has 0 atom stereocenters. The number of rotatable bonds is 8. The van der Waals surface area contributed by atoms with Gasteiger partial charge in [0.1, 0.15) is 0 Å². The lowest BCUT2D eigenvalue weighted by Gasteiger charge is -2.38. The van der Waals surface area contributed by atoms with E-state index in [1.807, 2.05) is 13.8 Å². The topological polar surface area (TPSA) is 74.6 Å². The number of carboxylic acid groups (broad SMARTS) is 2. The molecule has 2 N–H and O–H groups in total. The molecule has 0 saturated carbocycles. The third-order valence-corrected chi connectivity index (χ3v) is 5.85. The summed E-state index contributed by atoms with van der Waals surface area (Å²) in [5.41, 5.74) is -10.1. The Morgan fingerprint density at radius 2 is 1.03 bits per heavy atom. The Balaban J connectivity index is 3.03. The molecule has 0 aliphatic rings. The van der Waals surface area contributed by atoms with Crippen LogP contribution in [0.2, 0.25) is 0 Å². The van der Waals surface area contributed by atoms with Crippen molar-refractivity contribution >= 4 is 11.9 Å². The summed E-state index contributed by atoms with van der Waals surface area (Å²) >= 11 is 0. The van der Waals surface area contributed by atoms with E-state index in [1.165, 1.54) is 0 Å². The van der Waals surface area contributed by atoms with Crippen molar-refractivity contribution < 1.29 is 46.1 Å². The Morgan fingerprint density at radius 1 is 0.667 bits per heavy atom. The molecule has 0 radical (unpaired) electrons. The molecule has 39 heavy (non-hydrogen) atoms. The summed E-state index contributed by atoms with van der Waals surface area (Å²) in [6, 6.07) is 3.46. The van der Waals surface area contributed by atoms with Gasteiger partial charge < -0.3 is 10.2 Å². The van der Waals surface area contributed by atoms with E-state index in [4.69, 9.17) is 0 Å². The Bertz CT molecular complexity index is 1230. The van der Waals surface area contributed by atoms with Crippen molar-refractivity contribution in [2.24, 2.45) is 0 Å². The second-order valence-electron chi connectivity index (χ2n) is 8.76. The number of halogens is 6. The molecule has 0 fully saturated rings. The highest BCUT2D eigenvalue weighted by Gasteiger charge is 2.72. The van der Waals surface area contributed by atoms with Crippen LogP contribution in [-0.2, 0) is 5.41 Å². The second kappa shape index (κ2) is 12.8. The molecule has 0 heterocycles. The minimum atomic E-state index is -6.07. The predicted octanol–water partition coefficient (Wildman–Crippen LogP) is 7.58. The molecule has 0 saturated heterocycles. The van der Waals surface area contributed by atoms with Crippen LogP contribution in [0.3, 0.4) is 0 Å². The largest absolute Gasteiger partial charge is 0.478 e. The van der Waals surface area contributed by atoms with Crippen molar-refractivity contribution in [2.45, 2.75) is 70.1 Å². The molecule has 10 heteroatoms. The van der Waals surface area contributed by atoms with Gasteiger partial charge in [-0.05, 0) is 60.4 Å². The lowest BCUT2D eigenvalue weighted by Crippen LogP contribution is -2.55. The average molecular weight is 553 g/mol. The van der Waals surface area contributed by atoms with Gasteiger partial charge >= 0.3 is 24.3 Å². The molecule has 0 aliphatic heterocycles. The molecule has 2 aromatic carbocycles. The van der Waals surface area contributed by atoms with E-state index >= 15 is 0 Å². The minimum absolute atomic E-state index is 0.292. The van der Waals surface area contributed by atoms with Crippen LogP contribution in [0.25, 0.3) is 0 Å². The summed E-state index contributed by atoms with van der Waals surface area (Å²) in [6.45, 7) is 3.72. The molecule has 0 aliphatic carbocycles. The average Bonchev–Trinajstić information content (AvgIpc) is 2.83. The van der Waals surface area contributed by atoms with Gasteiger partial charge in [0, 0.05) is 24.0 Å². The van der Waals surface area contributed by atoms with E-state index in [0.29, 0.717) is 49.9 Å². The van der Waals surface area contributed by atoms with Crippen LogP contribution in [0.1, 0.15) is 95.3 Å². The van der Waals surface area contributed by atoms with Crippen molar-refractivity contribution in [3.63, 3.8) is 0 Å². The van der Waals surface area contributed by atoms with Gasteiger partial charge in [-0.2, -0.15) is 26.3 Å². The maximum atomic E-state index is 14.8. The summed E-state index contributed by atoms with van der Waals surface area (Å²) in [7, 11) is 0. The predicted molar refractivity (Wildman–Crippen MR) is 132 cm³/mol. The highest BCUT2D eigenvalue weighted by Crippen LogP contribution is 2.56. The van der Waals surface area contributed by atoms with Gasteiger partial charge in [0.2, 0.25) is 5.41 Å². The molecule has 208 valence electrons. The molecular formula is C29H26F6O4. The second-order valence-corrected chi connectivity index (χ2v) is 8.76. The van der Waals surface area contributed by atoms with Gasteiger partial charge in [0.25, 0.3) is 0 Å². The van der Waals surface area contributed by atoms with Crippen LogP contribution in [0.15, 0.2) is 36.4 Å². The van der Waals surface area contributed by atoms with Crippen LogP contribution < -0.4 is 0 Å². The van der Waals surface area contributed by atoms with E-state index in [-0.39, 0.29) is 11.1 Å². The monoisotopic (exact) mass is 552 g/mol. The molecule has 0 spiro atoms. The van der Waals surface area contributed by atoms with Crippen LogP contribution in [0, 0.1) is 23.7 Å². The van der Waals surface area contributed by atoms with Gasteiger partial charge in [0.15, 0.2) is 0 Å². The van der Waals surface area contributed by atoms with E-state index in [1.54, 1.807) is 0 Å². The van der Waals surface area contributed by atoms with E-state index in [9.17, 15) is 46.1 Å². The van der Waals surface area contributed by atoms with Gasteiger partial charge in [-0.25, -0.2) is 9.59 Å². The fraction of sp³-hybridized carbons (Fsp3) is 0.379. The maximum Gasteiger partial charge on any atom is 0.411 e. The molecular weight excluding hydrogens is 526 g/mol. The Morgan fingerprint density at radius 3 is 1.31 bits per heavy atom. The molecule has 4 nitrogen and oxygen atoms in total. The first-order valence-electron chi connectivity index (χ1n) is 12.1. The molecule has 0 bridgehead atoms. The highest BCUT2D eigenvalue weighted by molar-refractivity contribution is 5.89. The zero-order valence-electron chi connectivity index (χ0n) is 21.2. The number of benzene rings is 2. The summed E-state index contributed by atoms with van der Waals surface area (Å²) in [5.74, 6) is 6.66. The van der Waals surface area contributed by atoms with Gasteiger partial charge in [-0.3, -0.25) is 0 Å². The fourth-order valence-corrected chi connectivity index (χ4v) is 3.92. The summed E-state index contributed by atoms with van der Waals surface area (Å²) in [4.78, 5) is 23.4. The quantitative estimate of drug-likeness (QED) is 0.201. The Labute approximate surface area is 222 Å². The van der Waals surface area contributed by atoms with E-state index < -0.39 is 52.0 Å². The maximum absolute atomic E-state index is 14.8. The third-order valence-electron chi connectivity index (χ3n) is 5.85. The number of unbranched alkanes of at least 4 members (excludes halogenated alkanes) is 4. The lowest BCUT2D eigenvalue weighted by atomic mass is 9.71. The number of carboxylic acids is 2. The van der Waals surface area contributed by atoms with Gasteiger partial charge in [-0.15, -0.1) is 0 Å². The van der Waals surface area contributed by atoms with Crippen molar-refractivity contribution in [1.29, 1.82) is 0 Å². The van der Waals surface area contributed by atoms with Crippen LogP contribution in [0.4, 0.5) is 26.3 Å². The van der Waals surface area contributed by atoms with Gasteiger partial charge in [-0.1, -0.05) is 50.4 Å². The lowest BCUT2D eigenvalue weighted by molar-refractivity contribution is -0.288. The summed E-state index contributed by atoms with van der Waals surface area (Å²) in [6.07, 6.45) is -8.82. The highest BCUT2D eigenvalue weighted by atomic mass is 19.4. The van der Waals surface area contributed by atoms with Crippen molar-refractivity contribution in [3.8, 4) is 23.7 Å². The van der Waals surface area contributed by atoms with Gasteiger partial charge in [0.05, 0.1) is 11.1 Å². The number of hydrogen-bond acceptors (Lipinski definition) is 2. The number of alkyl halides is 6. The first kappa shape index (κ1) is 31.3. The minimum Gasteiger partial charge on any atom is -0.478 e. The van der Waals surface area contributed by atoms with Crippen LogP contribution >= 0.6 is 0 Å². The first-order chi connectivity index (χ1) is 18.2. The number of aromatic carboxylic acids is 2. The molecule has 2 rings (SSSR count). The third kappa shape index (κ3) is 7.14. The van der Waals surface area contributed by atoms with Crippen LogP contribution in [0.5, 0.6) is 0 Å². The smallest absolute Gasteiger partial charge is 0.411 e. The van der Waals surface area contributed by atoms with E-state index in [0.717, 1.165) is 25.0 Å². The zero-order valence-corrected chi connectivity index (χ0v) is 21.2. The molecule has 0 amide bonds. The number of carbonyl (C=O) groups is 2. The zero-order chi connectivity index (χ0) is 29.4. The summed E-state index contributed by atoms with van der Waals surface area (Å²) in [5, 5.41) is 19.0. The first-order valence-corrected chi connectivity index (χ1v) is 12.1. The summed E-state index contributed by atoms with van der Waals surface area (Å²) < 4.78 is 88.7. The normalized spacial score (nSPS) is 11.7.